The second-order valence-corrected chi connectivity index (χ2v) is 4.84. The number of hydrogen-bond donors (Lipinski definition) is 1. The summed E-state index contributed by atoms with van der Waals surface area (Å²) in [6.07, 6.45) is 1.35. The Hall–Kier alpha value is -0.0800. The molecular weight excluding hydrogens is 148 g/mol. The van der Waals surface area contributed by atoms with Gasteiger partial charge in [0.1, 0.15) is 0 Å². The molecule has 1 saturated heterocycles. The highest BCUT2D eigenvalue weighted by Crippen LogP contribution is 2.28. The summed E-state index contributed by atoms with van der Waals surface area (Å²) < 4.78 is 0. The van der Waals surface area contributed by atoms with Gasteiger partial charge in [-0.15, -0.1) is 0 Å². The van der Waals surface area contributed by atoms with Crippen LogP contribution in [-0.4, -0.2) is 37.6 Å². The number of nitrogens with zero attached hydrogens (tertiary/aromatic N) is 1. The molecule has 1 rings (SSSR count). The molecule has 2 heteroatoms. The summed E-state index contributed by atoms with van der Waals surface area (Å²) in [5.41, 5.74) is 0.549. The van der Waals surface area contributed by atoms with Crippen molar-refractivity contribution in [1.29, 1.82) is 0 Å². The Kier molecular flexibility index (Phi) is 3.13. The number of hydrogen-bond acceptors (Lipinski definition) is 2. The van der Waals surface area contributed by atoms with Gasteiger partial charge in [0, 0.05) is 19.1 Å². The normalized spacial score (nSPS) is 26.0. The van der Waals surface area contributed by atoms with Crippen LogP contribution in [0.4, 0.5) is 0 Å². The minimum atomic E-state index is 0.549. The molecule has 1 fully saturated rings. The van der Waals surface area contributed by atoms with Crippen LogP contribution in [-0.2, 0) is 0 Å². The molecule has 2 nitrogen and oxygen atoms in total. The zero-order chi connectivity index (χ0) is 9.19. The Bertz CT molecular complexity index is 143. The Morgan fingerprint density at radius 3 is 2.58 bits per heavy atom. The molecule has 1 heterocycles. The van der Waals surface area contributed by atoms with Gasteiger partial charge in [-0.2, -0.15) is 0 Å². The van der Waals surface area contributed by atoms with Gasteiger partial charge in [-0.05, 0) is 32.4 Å². The summed E-state index contributed by atoms with van der Waals surface area (Å²) in [6.45, 7) is 10.7. The first kappa shape index (κ1) is 10.0. The SMILES string of the molecule is CNC(C)CN1CCC(C)(C)C1. The number of rotatable bonds is 3. The standard InChI is InChI=1S/C10H22N2/c1-9(11-4)7-12-6-5-10(2,3)8-12/h9,11H,5-8H2,1-4H3. The molecule has 1 aliphatic rings. The van der Waals surface area contributed by atoms with Gasteiger partial charge in [0.25, 0.3) is 0 Å². The zero-order valence-corrected chi connectivity index (χ0v) is 8.85. The van der Waals surface area contributed by atoms with Crippen LogP contribution in [0.3, 0.4) is 0 Å². The molecule has 12 heavy (non-hydrogen) atoms. The lowest BCUT2D eigenvalue weighted by molar-refractivity contribution is 0.269. The van der Waals surface area contributed by atoms with Gasteiger partial charge in [0.05, 0.1) is 0 Å². The van der Waals surface area contributed by atoms with Gasteiger partial charge >= 0.3 is 0 Å². The van der Waals surface area contributed by atoms with Gasteiger partial charge in [-0.25, -0.2) is 0 Å². The lowest BCUT2D eigenvalue weighted by atomic mass is 9.93. The van der Waals surface area contributed by atoms with E-state index < -0.39 is 0 Å². The van der Waals surface area contributed by atoms with Crippen molar-refractivity contribution in [1.82, 2.24) is 10.2 Å². The van der Waals surface area contributed by atoms with E-state index in [9.17, 15) is 0 Å². The zero-order valence-electron chi connectivity index (χ0n) is 8.85. The minimum absolute atomic E-state index is 0.549. The maximum Gasteiger partial charge on any atom is 0.0163 e. The molecule has 1 aliphatic heterocycles. The Balaban J connectivity index is 2.28. The molecule has 0 bridgehead atoms. The molecule has 0 amide bonds. The van der Waals surface area contributed by atoms with Crippen molar-refractivity contribution in [2.45, 2.75) is 33.2 Å². The first-order chi connectivity index (χ1) is 5.53. The summed E-state index contributed by atoms with van der Waals surface area (Å²) >= 11 is 0. The lowest BCUT2D eigenvalue weighted by Gasteiger charge is -2.22. The van der Waals surface area contributed by atoms with Gasteiger partial charge < -0.3 is 10.2 Å². The third-order valence-corrected chi connectivity index (χ3v) is 2.78. The fourth-order valence-corrected chi connectivity index (χ4v) is 1.86. The molecule has 0 aliphatic carbocycles. The van der Waals surface area contributed by atoms with E-state index in [1.165, 1.54) is 26.1 Å². The van der Waals surface area contributed by atoms with Gasteiger partial charge in [0.15, 0.2) is 0 Å². The third kappa shape index (κ3) is 2.76. The fraction of sp³-hybridized carbons (Fsp3) is 1.00. The predicted molar refractivity (Wildman–Crippen MR) is 53.4 cm³/mol. The summed E-state index contributed by atoms with van der Waals surface area (Å²) in [4.78, 5) is 2.56. The highest BCUT2D eigenvalue weighted by Gasteiger charge is 2.29. The quantitative estimate of drug-likeness (QED) is 0.687. The first-order valence-electron chi connectivity index (χ1n) is 4.93. The number of likely N-dealkylation sites (N-methyl/N-ethyl adjacent to an activating group) is 1. The van der Waals surface area contributed by atoms with E-state index in [4.69, 9.17) is 0 Å². The topological polar surface area (TPSA) is 15.3 Å². The average molecular weight is 170 g/mol. The monoisotopic (exact) mass is 170 g/mol. The van der Waals surface area contributed by atoms with Gasteiger partial charge in [-0.1, -0.05) is 13.8 Å². The van der Waals surface area contributed by atoms with Crippen LogP contribution < -0.4 is 5.32 Å². The summed E-state index contributed by atoms with van der Waals surface area (Å²) in [5.74, 6) is 0. The van der Waals surface area contributed by atoms with Crippen LogP contribution in [0.15, 0.2) is 0 Å². The molecule has 0 aromatic rings. The fourth-order valence-electron chi connectivity index (χ4n) is 1.86. The molecule has 1 atom stereocenters. The summed E-state index contributed by atoms with van der Waals surface area (Å²) in [7, 11) is 2.03. The van der Waals surface area contributed by atoms with Crippen molar-refractivity contribution in [3.63, 3.8) is 0 Å². The van der Waals surface area contributed by atoms with Crippen molar-refractivity contribution in [3.05, 3.63) is 0 Å². The molecule has 0 radical (unpaired) electrons. The molecule has 0 spiro atoms. The second-order valence-electron chi connectivity index (χ2n) is 4.84. The van der Waals surface area contributed by atoms with E-state index in [2.05, 4.69) is 31.0 Å². The van der Waals surface area contributed by atoms with E-state index in [-0.39, 0.29) is 0 Å². The van der Waals surface area contributed by atoms with E-state index in [0.717, 1.165) is 0 Å². The maximum atomic E-state index is 3.28. The predicted octanol–water partition coefficient (Wildman–Crippen LogP) is 1.33. The molecule has 0 saturated carbocycles. The molecule has 72 valence electrons. The molecular formula is C10H22N2. The Labute approximate surface area is 76.3 Å². The van der Waals surface area contributed by atoms with Crippen LogP contribution >= 0.6 is 0 Å². The average Bonchev–Trinajstić information content (AvgIpc) is 2.30. The molecule has 1 unspecified atom stereocenters. The summed E-state index contributed by atoms with van der Waals surface area (Å²) in [5, 5.41) is 3.28. The largest absolute Gasteiger partial charge is 0.316 e. The molecule has 0 aromatic heterocycles. The van der Waals surface area contributed by atoms with Crippen molar-refractivity contribution in [3.8, 4) is 0 Å². The third-order valence-electron chi connectivity index (χ3n) is 2.78. The highest BCUT2D eigenvalue weighted by molar-refractivity contribution is 4.83. The Morgan fingerprint density at radius 1 is 1.50 bits per heavy atom. The number of likely N-dealkylation sites (tertiary alicyclic amines) is 1. The number of nitrogens with one attached hydrogen (secondary N) is 1. The molecule has 0 aromatic carbocycles. The first-order valence-corrected chi connectivity index (χ1v) is 4.93. The van der Waals surface area contributed by atoms with Crippen molar-refractivity contribution in [2.75, 3.05) is 26.7 Å². The second kappa shape index (κ2) is 3.75. The summed E-state index contributed by atoms with van der Waals surface area (Å²) in [6, 6.07) is 0.624. The van der Waals surface area contributed by atoms with Crippen molar-refractivity contribution >= 4 is 0 Å². The van der Waals surface area contributed by atoms with Crippen LogP contribution in [0.25, 0.3) is 0 Å². The van der Waals surface area contributed by atoms with E-state index in [1.807, 2.05) is 7.05 Å². The van der Waals surface area contributed by atoms with Crippen LogP contribution in [0.5, 0.6) is 0 Å². The van der Waals surface area contributed by atoms with E-state index in [0.29, 0.717) is 11.5 Å². The molecule has 1 N–H and O–H groups in total. The van der Waals surface area contributed by atoms with Gasteiger partial charge in [0.2, 0.25) is 0 Å². The van der Waals surface area contributed by atoms with Crippen LogP contribution in [0.2, 0.25) is 0 Å². The van der Waals surface area contributed by atoms with Crippen molar-refractivity contribution in [2.24, 2.45) is 5.41 Å². The van der Waals surface area contributed by atoms with Gasteiger partial charge in [-0.3, -0.25) is 0 Å². The van der Waals surface area contributed by atoms with E-state index >= 15 is 0 Å². The van der Waals surface area contributed by atoms with Crippen LogP contribution in [0, 0.1) is 5.41 Å². The van der Waals surface area contributed by atoms with E-state index in [1.54, 1.807) is 0 Å². The smallest absolute Gasteiger partial charge is 0.0163 e. The minimum Gasteiger partial charge on any atom is -0.316 e. The van der Waals surface area contributed by atoms with Crippen molar-refractivity contribution < 1.29 is 0 Å². The Morgan fingerprint density at radius 2 is 2.17 bits per heavy atom. The van der Waals surface area contributed by atoms with Crippen LogP contribution in [0.1, 0.15) is 27.2 Å². The lowest BCUT2D eigenvalue weighted by Crippen LogP contribution is -2.36. The maximum absolute atomic E-state index is 3.28. The highest BCUT2D eigenvalue weighted by atomic mass is 15.2.